The first-order valence-electron chi connectivity index (χ1n) is 17.6. The van der Waals surface area contributed by atoms with Crippen molar-refractivity contribution in [3.63, 3.8) is 0 Å². The summed E-state index contributed by atoms with van der Waals surface area (Å²) < 4.78 is 3.37. The summed E-state index contributed by atoms with van der Waals surface area (Å²) in [5.74, 6) is -1.45. The highest BCUT2D eigenvalue weighted by Gasteiger charge is 2.36. The molecule has 264 valence electrons. The summed E-state index contributed by atoms with van der Waals surface area (Å²) in [4.78, 5) is 56.9. The SMILES string of the molecule is Cc1cc(N2CC[C@](C)(c3ccccc3)C2)cn2nc(C(=O)NCCCCCC(=O)Nc3cccc4c(C5CCC(=O)NC5=O)nn(C)c34)nc12. The van der Waals surface area contributed by atoms with E-state index < -0.39 is 5.92 Å². The molecule has 13 nitrogen and oxygen atoms in total. The quantitative estimate of drug-likeness (QED) is 0.135. The second-order valence-corrected chi connectivity index (χ2v) is 14.0. The number of hydrogen-bond acceptors (Lipinski definition) is 8. The van der Waals surface area contributed by atoms with Gasteiger partial charge in [0.2, 0.25) is 23.5 Å². The number of aryl methyl sites for hydroxylation is 2. The van der Waals surface area contributed by atoms with E-state index in [1.54, 1.807) is 16.2 Å². The predicted octanol–water partition coefficient (Wildman–Crippen LogP) is 4.54. The number of rotatable bonds is 11. The van der Waals surface area contributed by atoms with Gasteiger partial charge in [-0.1, -0.05) is 55.8 Å². The van der Waals surface area contributed by atoms with Gasteiger partial charge < -0.3 is 15.5 Å². The van der Waals surface area contributed by atoms with E-state index >= 15 is 0 Å². The van der Waals surface area contributed by atoms with Gasteiger partial charge in [-0.15, -0.1) is 5.10 Å². The van der Waals surface area contributed by atoms with Crippen molar-refractivity contribution in [2.24, 2.45) is 7.05 Å². The number of amides is 4. The average Bonchev–Trinajstić information content (AvgIpc) is 3.83. The fourth-order valence-corrected chi connectivity index (χ4v) is 7.42. The molecule has 2 atom stereocenters. The van der Waals surface area contributed by atoms with Crippen LogP contribution in [0.1, 0.15) is 85.2 Å². The molecule has 0 bridgehead atoms. The maximum atomic E-state index is 13.0. The van der Waals surface area contributed by atoms with Crippen LogP contribution in [0.3, 0.4) is 0 Å². The van der Waals surface area contributed by atoms with Crippen LogP contribution in [0.25, 0.3) is 16.6 Å². The minimum atomic E-state index is -0.518. The van der Waals surface area contributed by atoms with E-state index in [1.807, 2.05) is 37.4 Å². The number of piperidine rings is 1. The summed E-state index contributed by atoms with van der Waals surface area (Å²) in [5.41, 5.74) is 6.04. The molecule has 3 N–H and O–H groups in total. The van der Waals surface area contributed by atoms with E-state index in [-0.39, 0.29) is 41.3 Å². The second-order valence-electron chi connectivity index (χ2n) is 14.0. The summed E-state index contributed by atoms with van der Waals surface area (Å²) >= 11 is 0. The molecule has 0 spiro atoms. The summed E-state index contributed by atoms with van der Waals surface area (Å²) in [6, 6.07) is 18.3. The predicted molar refractivity (Wildman–Crippen MR) is 194 cm³/mol. The topological polar surface area (TPSA) is 156 Å². The van der Waals surface area contributed by atoms with Gasteiger partial charge in [-0.2, -0.15) is 5.10 Å². The highest BCUT2D eigenvalue weighted by molar-refractivity contribution is 6.05. The zero-order chi connectivity index (χ0) is 35.7. The van der Waals surface area contributed by atoms with Crippen LogP contribution in [0.4, 0.5) is 11.4 Å². The van der Waals surface area contributed by atoms with Gasteiger partial charge in [0.15, 0.2) is 5.65 Å². The molecule has 3 aromatic heterocycles. The van der Waals surface area contributed by atoms with Crippen molar-refractivity contribution >= 4 is 51.6 Å². The van der Waals surface area contributed by atoms with Gasteiger partial charge in [0.05, 0.1) is 34.7 Å². The summed E-state index contributed by atoms with van der Waals surface area (Å²) in [7, 11) is 1.78. The van der Waals surface area contributed by atoms with Crippen molar-refractivity contribution in [3.05, 3.63) is 83.4 Å². The molecule has 13 heteroatoms. The molecule has 7 rings (SSSR count). The van der Waals surface area contributed by atoms with E-state index in [1.165, 1.54) is 5.56 Å². The number of unbranched alkanes of at least 4 members (excludes halogenated alkanes) is 2. The number of benzene rings is 2. The number of fused-ring (bicyclic) bond motifs is 2. The zero-order valence-corrected chi connectivity index (χ0v) is 29.2. The minimum Gasteiger partial charge on any atom is -0.369 e. The molecule has 2 saturated heterocycles. The molecule has 2 fully saturated rings. The molecule has 4 amide bonds. The summed E-state index contributed by atoms with van der Waals surface area (Å²) in [5, 5.41) is 18.2. The number of pyridine rings is 1. The standard InChI is InChI=1S/C38H43N9O4/c1-24-21-26(46-20-18-38(2,23-46)25-11-6-4-7-12-25)22-47-35(24)42-34(44-47)37(51)39-19-9-5-8-15-30(48)40-29-14-10-13-27-32(43-45(3)33(27)29)28-16-17-31(49)41-36(28)50/h4,6-7,10-14,21-22,28H,5,8-9,15-20,23H2,1-3H3,(H,39,51)(H,40,48)(H,41,49,50)/t28?,38-/m0/s1. The Balaban J connectivity index is 0.886. The maximum absolute atomic E-state index is 13.0. The third-order valence-corrected chi connectivity index (χ3v) is 10.2. The highest BCUT2D eigenvalue weighted by atomic mass is 16.2. The van der Waals surface area contributed by atoms with Crippen LogP contribution in [-0.2, 0) is 26.8 Å². The Kier molecular flexibility index (Phi) is 9.28. The number of imide groups is 1. The monoisotopic (exact) mass is 689 g/mol. The molecule has 51 heavy (non-hydrogen) atoms. The Morgan fingerprint density at radius 3 is 2.67 bits per heavy atom. The lowest BCUT2D eigenvalue weighted by Crippen LogP contribution is -2.39. The van der Waals surface area contributed by atoms with Crippen LogP contribution >= 0.6 is 0 Å². The number of anilines is 2. The van der Waals surface area contributed by atoms with E-state index in [0.717, 1.165) is 48.1 Å². The van der Waals surface area contributed by atoms with Gasteiger partial charge in [0.1, 0.15) is 0 Å². The van der Waals surface area contributed by atoms with E-state index in [2.05, 4.69) is 73.3 Å². The van der Waals surface area contributed by atoms with Crippen molar-refractivity contribution in [1.82, 2.24) is 35.0 Å². The number of aromatic nitrogens is 5. The molecule has 5 heterocycles. The van der Waals surface area contributed by atoms with Gasteiger partial charge in [0, 0.05) is 50.3 Å². The third-order valence-electron chi connectivity index (χ3n) is 10.2. The van der Waals surface area contributed by atoms with Crippen molar-refractivity contribution in [2.45, 2.75) is 70.1 Å². The lowest BCUT2D eigenvalue weighted by atomic mass is 9.82. The Morgan fingerprint density at radius 2 is 1.86 bits per heavy atom. The lowest BCUT2D eigenvalue weighted by Gasteiger charge is -2.26. The van der Waals surface area contributed by atoms with E-state index in [0.29, 0.717) is 49.3 Å². The molecule has 5 aromatic rings. The first kappa shape index (κ1) is 33.9. The summed E-state index contributed by atoms with van der Waals surface area (Å²) in [6.07, 6.45) is 6.11. The Morgan fingerprint density at radius 1 is 1.04 bits per heavy atom. The average molecular weight is 690 g/mol. The molecule has 2 aromatic carbocycles. The van der Waals surface area contributed by atoms with Crippen LogP contribution in [0.5, 0.6) is 0 Å². The smallest absolute Gasteiger partial charge is 0.290 e. The first-order valence-corrected chi connectivity index (χ1v) is 17.6. The normalized spacial score (nSPS) is 19.1. The van der Waals surface area contributed by atoms with Crippen LogP contribution < -0.4 is 20.9 Å². The molecule has 0 radical (unpaired) electrons. The maximum Gasteiger partial charge on any atom is 0.290 e. The van der Waals surface area contributed by atoms with Crippen molar-refractivity contribution < 1.29 is 19.2 Å². The lowest BCUT2D eigenvalue weighted by molar-refractivity contribution is -0.134. The van der Waals surface area contributed by atoms with Gasteiger partial charge in [-0.25, -0.2) is 9.50 Å². The molecule has 1 unspecified atom stereocenters. The van der Waals surface area contributed by atoms with E-state index in [9.17, 15) is 19.2 Å². The fourth-order valence-electron chi connectivity index (χ4n) is 7.42. The number of carbonyl (C=O) groups is 4. The first-order chi connectivity index (χ1) is 24.6. The third kappa shape index (κ3) is 6.92. The number of para-hydroxylation sites is 1. The number of nitrogens with zero attached hydrogens (tertiary/aromatic N) is 6. The van der Waals surface area contributed by atoms with Crippen molar-refractivity contribution in [2.75, 3.05) is 29.9 Å². The number of nitrogens with one attached hydrogen (secondary N) is 3. The van der Waals surface area contributed by atoms with Crippen LogP contribution in [-0.4, -0.2) is 67.6 Å². The van der Waals surface area contributed by atoms with Gasteiger partial charge in [-0.05, 0) is 55.9 Å². The van der Waals surface area contributed by atoms with Crippen molar-refractivity contribution in [3.8, 4) is 0 Å². The van der Waals surface area contributed by atoms with Gasteiger partial charge >= 0.3 is 0 Å². The fraction of sp³-hybridized carbons (Fsp3) is 0.395. The largest absolute Gasteiger partial charge is 0.369 e. The molecule has 2 aliphatic heterocycles. The molecular weight excluding hydrogens is 646 g/mol. The zero-order valence-electron chi connectivity index (χ0n) is 29.2. The second kappa shape index (κ2) is 14.0. The molecular formula is C38H43N9O4. The Hall–Kier alpha value is -5.59. The van der Waals surface area contributed by atoms with Crippen LogP contribution in [0.15, 0.2) is 60.8 Å². The van der Waals surface area contributed by atoms with Crippen LogP contribution in [0, 0.1) is 6.92 Å². The number of carbonyl (C=O) groups excluding carboxylic acids is 4. The van der Waals surface area contributed by atoms with E-state index in [4.69, 9.17) is 0 Å². The molecule has 2 aliphatic rings. The number of hydrogen-bond donors (Lipinski definition) is 3. The Labute approximate surface area is 295 Å². The summed E-state index contributed by atoms with van der Waals surface area (Å²) in [6.45, 7) is 6.60. The molecule has 0 saturated carbocycles. The Bertz CT molecular complexity index is 2140. The minimum absolute atomic E-state index is 0.0705. The van der Waals surface area contributed by atoms with Crippen LogP contribution in [0.2, 0.25) is 0 Å². The van der Waals surface area contributed by atoms with Gasteiger partial charge in [-0.3, -0.25) is 29.2 Å². The van der Waals surface area contributed by atoms with Gasteiger partial charge in [0.25, 0.3) is 5.91 Å². The molecule has 0 aliphatic carbocycles. The highest BCUT2D eigenvalue weighted by Crippen LogP contribution is 2.37. The van der Waals surface area contributed by atoms with Crippen molar-refractivity contribution in [1.29, 1.82) is 0 Å².